The fourth-order valence-corrected chi connectivity index (χ4v) is 4.46. The van der Waals surface area contributed by atoms with Gasteiger partial charge in [0.05, 0.1) is 17.3 Å². The smallest absolute Gasteiger partial charge is 0.328 e. The van der Waals surface area contributed by atoms with Crippen molar-refractivity contribution < 1.29 is 9.90 Å². The Kier molecular flexibility index (Phi) is 4.94. The van der Waals surface area contributed by atoms with Gasteiger partial charge in [-0.3, -0.25) is 0 Å². The average Bonchev–Trinajstić information content (AvgIpc) is 3.29. The van der Waals surface area contributed by atoms with Gasteiger partial charge in [-0.1, -0.05) is 38.1 Å². The summed E-state index contributed by atoms with van der Waals surface area (Å²) in [4.78, 5) is 16.2. The van der Waals surface area contributed by atoms with Crippen LogP contribution in [0.25, 0.3) is 17.1 Å². The van der Waals surface area contributed by atoms with Gasteiger partial charge in [-0.25, -0.2) is 9.78 Å². The molecule has 3 aromatic rings. The second-order valence-electron chi connectivity index (χ2n) is 7.35. The summed E-state index contributed by atoms with van der Waals surface area (Å²) in [5.41, 5.74) is 6.51. The van der Waals surface area contributed by atoms with Crippen molar-refractivity contribution >= 4 is 23.1 Å². The molecule has 0 amide bonds. The molecule has 1 N–H and O–H groups in total. The molecule has 29 heavy (non-hydrogen) atoms. The van der Waals surface area contributed by atoms with Gasteiger partial charge in [-0.15, -0.1) is 0 Å². The van der Waals surface area contributed by atoms with Crippen LogP contribution in [0.5, 0.6) is 0 Å². The summed E-state index contributed by atoms with van der Waals surface area (Å²) in [6.07, 6.45) is 6.11. The predicted octanol–water partition coefficient (Wildman–Crippen LogP) is 4.67. The maximum absolute atomic E-state index is 11.2. The third kappa shape index (κ3) is 3.11. The van der Waals surface area contributed by atoms with Crippen molar-refractivity contribution in [2.75, 3.05) is 0 Å². The van der Waals surface area contributed by atoms with Gasteiger partial charge in [0.2, 0.25) is 0 Å². The molecule has 1 atom stereocenters. The minimum Gasteiger partial charge on any atom is -0.478 e. The van der Waals surface area contributed by atoms with Crippen molar-refractivity contribution in [1.29, 1.82) is 5.26 Å². The van der Waals surface area contributed by atoms with Crippen molar-refractivity contribution in [1.82, 2.24) is 9.55 Å². The lowest BCUT2D eigenvalue weighted by atomic mass is 10.0. The summed E-state index contributed by atoms with van der Waals surface area (Å²) in [5.74, 6) is -1.03. The Balaban J connectivity index is 2.10. The maximum Gasteiger partial charge on any atom is 0.328 e. The summed E-state index contributed by atoms with van der Waals surface area (Å²) < 4.78 is 2.09. The first-order valence-electron chi connectivity index (χ1n) is 10.0. The Labute approximate surface area is 169 Å². The quantitative estimate of drug-likeness (QED) is 0.648. The van der Waals surface area contributed by atoms with E-state index in [1.807, 2.05) is 12.1 Å². The molecule has 1 aliphatic carbocycles. The standard InChI is InChI=1S/C24H23N3O2/c1-3-15-13-17(4-2)26-24-23(15)19(14-25)21(11-12-22(28)29)27(24)20-10-9-16-7-5-6-8-18(16)20/h5-8,11-13,20H,3-4,9-10H2,1-2H3,(H,28,29). The van der Waals surface area contributed by atoms with Crippen LogP contribution in [0.15, 0.2) is 36.4 Å². The number of aromatic nitrogens is 2. The van der Waals surface area contributed by atoms with Gasteiger partial charge in [0.15, 0.2) is 0 Å². The first-order chi connectivity index (χ1) is 14.1. The second-order valence-corrected chi connectivity index (χ2v) is 7.35. The number of benzene rings is 1. The fourth-order valence-electron chi connectivity index (χ4n) is 4.46. The summed E-state index contributed by atoms with van der Waals surface area (Å²) in [5, 5.41) is 20.1. The molecule has 5 nitrogen and oxygen atoms in total. The molecule has 146 valence electrons. The minimum atomic E-state index is -1.03. The number of rotatable bonds is 5. The second kappa shape index (κ2) is 7.56. The molecule has 0 saturated carbocycles. The number of aryl methyl sites for hydroxylation is 3. The molecule has 1 aliphatic rings. The number of carboxylic acids is 1. The number of carbonyl (C=O) groups is 1. The topological polar surface area (TPSA) is 78.9 Å². The number of hydrogen-bond donors (Lipinski definition) is 1. The summed E-state index contributed by atoms with van der Waals surface area (Å²) in [6, 6.07) is 12.8. The fraction of sp³-hybridized carbons (Fsp3) is 0.292. The van der Waals surface area contributed by atoms with E-state index in [4.69, 9.17) is 4.98 Å². The first kappa shape index (κ1) is 18.9. The minimum absolute atomic E-state index is 0.0357. The van der Waals surface area contributed by atoms with E-state index in [-0.39, 0.29) is 6.04 Å². The number of fused-ring (bicyclic) bond motifs is 2. The Morgan fingerprint density at radius 1 is 1.34 bits per heavy atom. The zero-order valence-corrected chi connectivity index (χ0v) is 16.6. The number of nitrogens with zero attached hydrogens (tertiary/aromatic N) is 3. The lowest BCUT2D eigenvalue weighted by Gasteiger charge is -2.18. The van der Waals surface area contributed by atoms with E-state index in [9.17, 15) is 15.2 Å². The highest BCUT2D eigenvalue weighted by atomic mass is 16.4. The summed E-state index contributed by atoms with van der Waals surface area (Å²) in [7, 11) is 0. The van der Waals surface area contributed by atoms with E-state index in [0.717, 1.165) is 54.1 Å². The molecule has 0 radical (unpaired) electrons. The van der Waals surface area contributed by atoms with Gasteiger partial charge >= 0.3 is 5.97 Å². The van der Waals surface area contributed by atoms with Crippen molar-refractivity contribution in [2.45, 2.75) is 45.6 Å². The van der Waals surface area contributed by atoms with E-state index in [1.165, 1.54) is 11.1 Å². The van der Waals surface area contributed by atoms with Gasteiger partial charge in [-0.05, 0) is 54.5 Å². The molecule has 5 heteroatoms. The summed E-state index contributed by atoms with van der Waals surface area (Å²) in [6.45, 7) is 4.15. The molecule has 0 saturated heterocycles. The molecule has 0 aliphatic heterocycles. The highest BCUT2D eigenvalue weighted by Crippen LogP contribution is 2.40. The first-order valence-corrected chi connectivity index (χ1v) is 10.0. The highest BCUT2D eigenvalue weighted by molar-refractivity contribution is 5.94. The van der Waals surface area contributed by atoms with Gasteiger partial charge in [0, 0.05) is 17.2 Å². The van der Waals surface area contributed by atoms with Crippen LogP contribution in [0.3, 0.4) is 0 Å². The third-order valence-corrected chi connectivity index (χ3v) is 5.78. The lowest BCUT2D eigenvalue weighted by Crippen LogP contribution is -2.11. The lowest BCUT2D eigenvalue weighted by molar-refractivity contribution is -0.131. The number of aliphatic carboxylic acids is 1. The van der Waals surface area contributed by atoms with Crippen LogP contribution in [-0.4, -0.2) is 20.6 Å². The van der Waals surface area contributed by atoms with Crippen LogP contribution >= 0.6 is 0 Å². The molecule has 2 heterocycles. The van der Waals surface area contributed by atoms with Crippen LogP contribution in [0.2, 0.25) is 0 Å². The zero-order chi connectivity index (χ0) is 20.5. The normalized spacial score (nSPS) is 15.7. The van der Waals surface area contributed by atoms with E-state index in [2.05, 4.69) is 42.7 Å². The van der Waals surface area contributed by atoms with Crippen LogP contribution < -0.4 is 0 Å². The van der Waals surface area contributed by atoms with E-state index in [0.29, 0.717) is 11.3 Å². The molecule has 4 rings (SSSR count). The van der Waals surface area contributed by atoms with Gasteiger partial charge in [0.1, 0.15) is 11.7 Å². The van der Waals surface area contributed by atoms with Crippen molar-refractivity contribution in [2.24, 2.45) is 0 Å². The number of carboxylic acid groups (broad SMARTS) is 1. The van der Waals surface area contributed by atoms with E-state index >= 15 is 0 Å². The van der Waals surface area contributed by atoms with Crippen molar-refractivity contribution in [3.05, 3.63) is 70.0 Å². The predicted molar refractivity (Wildman–Crippen MR) is 113 cm³/mol. The molecule has 1 aromatic carbocycles. The van der Waals surface area contributed by atoms with E-state index < -0.39 is 5.97 Å². The van der Waals surface area contributed by atoms with Crippen molar-refractivity contribution in [3.63, 3.8) is 0 Å². The molecule has 1 unspecified atom stereocenters. The molecule has 2 aromatic heterocycles. The SMILES string of the molecule is CCc1cc(CC)c2c(C#N)c(C=CC(=O)O)n(C3CCc4ccccc43)c2n1. The van der Waals surface area contributed by atoms with Crippen LogP contribution in [0.4, 0.5) is 0 Å². The Morgan fingerprint density at radius 3 is 2.83 bits per heavy atom. The zero-order valence-electron chi connectivity index (χ0n) is 16.6. The highest BCUT2D eigenvalue weighted by Gasteiger charge is 2.30. The number of pyridine rings is 1. The Hall–Kier alpha value is -3.39. The van der Waals surface area contributed by atoms with Crippen LogP contribution in [-0.2, 0) is 24.1 Å². The molecular weight excluding hydrogens is 362 g/mol. The van der Waals surface area contributed by atoms with E-state index in [1.54, 1.807) is 6.08 Å². The summed E-state index contributed by atoms with van der Waals surface area (Å²) >= 11 is 0. The van der Waals surface area contributed by atoms with Crippen molar-refractivity contribution in [3.8, 4) is 6.07 Å². The Morgan fingerprint density at radius 2 is 2.14 bits per heavy atom. The van der Waals surface area contributed by atoms with Crippen LogP contribution in [0.1, 0.15) is 60.0 Å². The number of hydrogen-bond acceptors (Lipinski definition) is 3. The largest absolute Gasteiger partial charge is 0.478 e. The van der Waals surface area contributed by atoms with Gasteiger partial charge in [0.25, 0.3) is 0 Å². The number of nitriles is 1. The van der Waals surface area contributed by atoms with Crippen LogP contribution in [0, 0.1) is 11.3 Å². The Bertz CT molecular complexity index is 1180. The molecule has 0 spiro atoms. The van der Waals surface area contributed by atoms with Gasteiger partial charge in [-0.2, -0.15) is 5.26 Å². The third-order valence-electron chi connectivity index (χ3n) is 5.78. The maximum atomic E-state index is 11.2. The monoisotopic (exact) mass is 385 g/mol. The molecule has 0 bridgehead atoms. The molecule has 0 fully saturated rings. The van der Waals surface area contributed by atoms with Gasteiger partial charge < -0.3 is 9.67 Å². The average molecular weight is 385 g/mol. The molecular formula is C24H23N3O2.